The zero-order chi connectivity index (χ0) is 24.3. The molecular formula is C19H33N5O6S2. The van der Waals surface area contributed by atoms with Crippen LogP contribution in [0.5, 0.6) is 0 Å². The van der Waals surface area contributed by atoms with Gasteiger partial charge in [-0.15, -0.1) is 0 Å². The standard InChI is InChI=1S/C19H33N5O6S2/c1-31-8-5-11(20)18(28)24-7-3-4-14(24)17(27)22-12(6-9-32-2)16(26)23-13(19(29)30)10-15(21)25/h11-14H,3-10,20H2,1-2H3,(H2,21,25)(H,22,27)(H,23,26)(H,29,30). The lowest BCUT2D eigenvalue weighted by atomic mass is 10.1. The Balaban J connectivity index is 2.87. The van der Waals surface area contributed by atoms with E-state index in [2.05, 4.69) is 10.6 Å². The van der Waals surface area contributed by atoms with Crippen molar-refractivity contribution < 1.29 is 29.1 Å². The molecule has 11 nitrogen and oxygen atoms in total. The number of nitrogens with zero attached hydrogens (tertiary/aromatic N) is 1. The first kappa shape index (κ1) is 28.0. The number of carbonyl (C=O) groups excluding carboxylic acids is 4. The molecule has 0 aromatic carbocycles. The summed E-state index contributed by atoms with van der Waals surface area (Å²) in [5.41, 5.74) is 11.0. The summed E-state index contributed by atoms with van der Waals surface area (Å²) in [6, 6.07) is -3.95. The summed E-state index contributed by atoms with van der Waals surface area (Å²) >= 11 is 3.03. The van der Waals surface area contributed by atoms with Crippen molar-refractivity contribution in [2.45, 2.75) is 56.3 Å². The smallest absolute Gasteiger partial charge is 0.326 e. The van der Waals surface area contributed by atoms with Gasteiger partial charge in [-0.2, -0.15) is 23.5 Å². The molecule has 32 heavy (non-hydrogen) atoms. The Kier molecular flexibility index (Phi) is 12.5. The molecule has 182 valence electrons. The van der Waals surface area contributed by atoms with E-state index in [9.17, 15) is 29.1 Å². The third-order valence-corrected chi connectivity index (χ3v) is 6.34. The molecule has 4 unspecified atom stereocenters. The average Bonchev–Trinajstić information content (AvgIpc) is 3.23. The van der Waals surface area contributed by atoms with E-state index in [1.54, 1.807) is 11.8 Å². The Morgan fingerprint density at radius 2 is 1.69 bits per heavy atom. The molecule has 0 aromatic rings. The van der Waals surface area contributed by atoms with Gasteiger partial charge < -0.3 is 32.1 Å². The maximum Gasteiger partial charge on any atom is 0.326 e. The maximum absolute atomic E-state index is 12.9. The number of thioether (sulfide) groups is 2. The fraction of sp³-hybridized carbons (Fsp3) is 0.737. The monoisotopic (exact) mass is 491 g/mol. The van der Waals surface area contributed by atoms with Gasteiger partial charge in [-0.1, -0.05) is 0 Å². The van der Waals surface area contributed by atoms with Gasteiger partial charge in [0.1, 0.15) is 18.1 Å². The van der Waals surface area contributed by atoms with E-state index in [0.717, 1.165) is 5.75 Å². The van der Waals surface area contributed by atoms with Gasteiger partial charge in [0.05, 0.1) is 12.5 Å². The van der Waals surface area contributed by atoms with Crippen LogP contribution in [0.1, 0.15) is 32.1 Å². The van der Waals surface area contributed by atoms with Crippen LogP contribution in [0.4, 0.5) is 0 Å². The fourth-order valence-corrected chi connectivity index (χ4v) is 4.29. The lowest BCUT2D eigenvalue weighted by Gasteiger charge is -2.28. The molecule has 1 aliphatic rings. The number of carbonyl (C=O) groups is 5. The highest BCUT2D eigenvalue weighted by atomic mass is 32.2. The van der Waals surface area contributed by atoms with Crippen LogP contribution in [0.15, 0.2) is 0 Å². The number of likely N-dealkylation sites (tertiary alicyclic amines) is 1. The highest BCUT2D eigenvalue weighted by molar-refractivity contribution is 7.98. The van der Waals surface area contributed by atoms with Crippen LogP contribution in [0.3, 0.4) is 0 Å². The molecule has 1 aliphatic heterocycles. The summed E-state index contributed by atoms with van der Waals surface area (Å²) in [6.45, 7) is 0.408. The molecule has 7 N–H and O–H groups in total. The van der Waals surface area contributed by atoms with Crippen LogP contribution >= 0.6 is 23.5 Å². The minimum atomic E-state index is -1.49. The predicted octanol–water partition coefficient (Wildman–Crippen LogP) is -1.26. The topological polar surface area (TPSA) is 185 Å². The van der Waals surface area contributed by atoms with Crippen molar-refractivity contribution in [3.63, 3.8) is 0 Å². The first-order valence-corrected chi connectivity index (χ1v) is 13.1. The molecule has 4 amide bonds. The largest absolute Gasteiger partial charge is 0.480 e. The highest BCUT2D eigenvalue weighted by Gasteiger charge is 2.37. The number of hydrogen-bond donors (Lipinski definition) is 5. The van der Waals surface area contributed by atoms with Crippen molar-refractivity contribution in [2.75, 3.05) is 30.6 Å². The third-order valence-electron chi connectivity index (χ3n) is 5.05. The van der Waals surface area contributed by atoms with Gasteiger partial charge >= 0.3 is 5.97 Å². The molecule has 0 bridgehead atoms. The Morgan fingerprint density at radius 1 is 1.06 bits per heavy atom. The molecule has 0 spiro atoms. The third kappa shape index (κ3) is 8.87. The van der Waals surface area contributed by atoms with E-state index in [-0.39, 0.29) is 12.3 Å². The molecule has 13 heteroatoms. The number of hydrogen-bond acceptors (Lipinski definition) is 8. The van der Waals surface area contributed by atoms with Gasteiger partial charge in [-0.05, 0) is 49.7 Å². The van der Waals surface area contributed by atoms with Gasteiger partial charge in [0.15, 0.2) is 0 Å². The fourth-order valence-electron chi connectivity index (χ4n) is 3.33. The molecule has 0 radical (unpaired) electrons. The summed E-state index contributed by atoms with van der Waals surface area (Å²) < 4.78 is 0. The molecule has 4 atom stereocenters. The van der Waals surface area contributed by atoms with Crippen molar-refractivity contribution in [1.82, 2.24) is 15.5 Å². The van der Waals surface area contributed by atoms with Crippen molar-refractivity contribution >= 4 is 53.1 Å². The van der Waals surface area contributed by atoms with Crippen LogP contribution in [0.25, 0.3) is 0 Å². The summed E-state index contributed by atoms with van der Waals surface area (Å²) in [7, 11) is 0. The van der Waals surface area contributed by atoms with E-state index in [0.29, 0.717) is 31.6 Å². The van der Waals surface area contributed by atoms with E-state index in [4.69, 9.17) is 11.5 Å². The van der Waals surface area contributed by atoms with E-state index in [1.807, 2.05) is 12.5 Å². The van der Waals surface area contributed by atoms with Crippen molar-refractivity contribution in [1.29, 1.82) is 0 Å². The van der Waals surface area contributed by atoms with Crippen molar-refractivity contribution in [3.8, 4) is 0 Å². The highest BCUT2D eigenvalue weighted by Crippen LogP contribution is 2.19. The lowest BCUT2D eigenvalue weighted by Crippen LogP contribution is -2.57. The van der Waals surface area contributed by atoms with Gasteiger partial charge in [-0.25, -0.2) is 4.79 Å². The maximum atomic E-state index is 12.9. The first-order valence-electron chi connectivity index (χ1n) is 10.3. The van der Waals surface area contributed by atoms with Crippen LogP contribution < -0.4 is 22.1 Å². The molecular weight excluding hydrogens is 458 g/mol. The zero-order valence-electron chi connectivity index (χ0n) is 18.4. The van der Waals surface area contributed by atoms with Crippen molar-refractivity contribution in [3.05, 3.63) is 0 Å². The van der Waals surface area contributed by atoms with Gasteiger partial charge in [0, 0.05) is 6.54 Å². The molecule has 1 heterocycles. The number of carboxylic acid groups (broad SMARTS) is 1. The van der Waals surface area contributed by atoms with Crippen LogP contribution in [0, 0.1) is 0 Å². The number of rotatable bonds is 14. The van der Waals surface area contributed by atoms with Gasteiger partial charge in [-0.3, -0.25) is 19.2 Å². The average molecular weight is 492 g/mol. The molecule has 1 saturated heterocycles. The minimum absolute atomic E-state index is 0.246. The van der Waals surface area contributed by atoms with Crippen LogP contribution in [-0.2, 0) is 24.0 Å². The molecule has 1 rings (SSSR count). The number of aliphatic carboxylic acids is 1. The zero-order valence-corrected chi connectivity index (χ0v) is 20.0. The number of carboxylic acids is 1. The van der Waals surface area contributed by atoms with Crippen molar-refractivity contribution in [2.24, 2.45) is 11.5 Å². The SMILES string of the molecule is CSCCC(N)C(=O)N1CCCC1C(=O)NC(CCSC)C(=O)NC(CC(N)=O)C(=O)O. The quantitative estimate of drug-likeness (QED) is 0.198. The second kappa shape index (κ2) is 14.2. The molecule has 0 saturated carbocycles. The van der Waals surface area contributed by atoms with Gasteiger partial charge in [0.2, 0.25) is 23.6 Å². The summed E-state index contributed by atoms with van der Waals surface area (Å²) in [6.07, 6.45) is 5.01. The second-order valence-corrected chi connectivity index (χ2v) is 9.46. The predicted molar refractivity (Wildman–Crippen MR) is 124 cm³/mol. The van der Waals surface area contributed by atoms with E-state index >= 15 is 0 Å². The Labute approximate surface area is 196 Å². The summed E-state index contributed by atoms with van der Waals surface area (Å²) in [4.78, 5) is 62.2. The molecule has 0 aliphatic carbocycles. The van der Waals surface area contributed by atoms with Crippen LogP contribution in [-0.4, -0.2) is 94.3 Å². The Bertz CT molecular complexity index is 695. The van der Waals surface area contributed by atoms with Gasteiger partial charge in [0.25, 0.3) is 0 Å². The summed E-state index contributed by atoms with van der Waals surface area (Å²) in [5.74, 6) is -2.54. The second-order valence-electron chi connectivity index (χ2n) is 7.49. The van der Waals surface area contributed by atoms with E-state index < -0.39 is 54.3 Å². The molecule has 1 fully saturated rings. The Hall–Kier alpha value is -1.99. The number of primary amides is 1. The number of amides is 4. The first-order chi connectivity index (χ1) is 15.1. The number of nitrogens with two attached hydrogens (primary N) is 2. The lowest BCUT2D eigenvalue weighted by molar-refractivity contribution is -0.144. The normalized spacial score (nSPS) is 18.5. The number of nitrogens with one attached hydrogen (secondary N) is 2. The van der Waals surface area contributed by atoms with E-state index in [1.165, 1.54) is 16.7 Å². The molecule has 0 aromatic heterocycles. The van der Waals surface area contributed by atoms with Crippen LogP contribution in [0.2, 0.25) is 0 Å². The Morgan fingerprint density at radius 3 is 2.25 bits per heavy atom. The minimum Gasteiger partial charge on any atom is -0.480 e. The summed E-state index contributed by atoms with van der Waals surface area (Å²) in [5, 5.41) is 14.1.